The fraction of sp³-hybridized carbons (Fsp3) is 0.333. The van der Waals surface area contributed by atoms with E-state index in [1.165, 1.54) is 0 Å². The molecule has 0 aliphatic heterocycles. The normalized spacial score (nSPS) is 10.6. The molecule has 1 aromatic heterocycles. The highest BCUT2D eigenvalue weighted by Gasteiger charge is 2.05. The fourth-order valence-electron chi connectivity index (χ4n) is 1.90. The minimum Gasteiger partial charge on any atom is -0.494 e. The summed E-state index contributed by atoms with van der Waals surface area (Å²) in [7, 11) is 0. The van der Waals surface area contributed by atoms with Gasteiger partial charge in [0.25, 0.3) is 0 Å². The molecule has 0 fully saturated rings. The van der Waals surface area contributed by atoms with Crippen LogP contribution in [0.3, 0.4) is 0 Å². The Balaban J connectivity index is 2.02. The van der Waals surface area contributed by atoms with Crippen LogP contribution in [-0.2, 0) is 19.8 Å². The van der Waals surface area contributed by atoms with Crippen molar-refractivity contribution in [3.05, 3.63) is 47.4 Å². The van der Waals surface area contributed by atoms with Gasteiger partial charge in [0.05, 0.1) is 19.8 Å². The largest absolute Gasteiger partial charge is 0.494 e. The van der Waals surface area contributed by atoms with Crippen molar-refractivity contribution >= 4 is 5.69 Å². The zero-order chi connectivity index (χ0) is 14.4. The zero-order valence-corrected chi connectivity index (χ0v) is 11.4. The third kappa shape index (κ3) is 3.53. The Hall–Kier alpha value is -1.98. The van der Waals surface area contributed by atoms with Gasteiger partial charge in [-0.25, -0.2) is 0 Å². The first-order valence-corrected chi connectivity index (χ1v) is 6.55. The Morgan fingerprint density at radius 1 is 1.10 bits per heavy atom. The molecule has 0 amide bonds. The molecule has 0 aliphatic rings. The number of nitrogens with one attached hydrogen (secondary N) is 1. The standard InChI is InChI=1S/C15H19NO4/c1-2-19-15-6-3-12(7-11(15)9-17)16-8-13-4-5-14(10-18)20-13/h3-7,16-18H,2,8-10H2,1H3. The molecule has 0 radical (unpaired) electrons. The van der Waals surface area contributed by atoms with Gasteiger partial charge in [-0.05, 0) is 37.3 Å². The van der Waals surface area contributed by atoms with Crippen LogP contribution in [0.4, 0.5) is 5.69 Å². The molecule has 3 N–H and O–H groups in total. The van der Waals surface area contributed by atoms with Crippen LogP contribution in [0.25, 0.3) is 0 Å². The maximum absolute atomic E-state index is 9.34. The molecule has 0 spiro atoms. The van der Waals surface area contributed by atoms with Crippen LogP contribution in [-0.4, -0.2) is 16.8 Å². The summed E-state index contributed by atoms with van der Waals surface area (Å²) in [4.78, 5) is 0. The van der Waals surface area contributed by atoms with Crippen molar-refractivity contribution in [1.29, 1.82) is 0 Å². The molecule has 0 saturated heterocycles. The van der Waals surface area contributed by atoms with E-state index in [9.17, 15) is 5.11 Å². The van der Waals surface area contributed by atoms with E-state index in [2.05, 4.69) is 5.32 Å². The molecule has 5 nitrogen and oxygen atoms in total. The predicted octanol–water partition coefficient (Wildman–Crippen LogP) is 2.28. The molecule has 0 atom stereocenters. The first kappa shape index (κ1) is 14.4. The van der Waals surface area contributed by atoms with E-state index in [4.69, 9.17) is 14.3 Å². The highest BCUT2D eigenvalue weighted by atomic mass is 16.5. The van der Waals surface area contributed by atoms with Gasteiger partial charge in [-0.15, -0.1) is 0 Å². The summed E-state index contributed by atoms with van der Waals surface area (Å²) in [6.45, 7) is 2.82. The van der Waals surface area contributed by atoms with Crippen LogP contribution in [0.5, 0.6) is 5.75 Å². The minimum atomic E-state index is -0.0995. The van der Waals surface area contributed by atoms with Crippen LogP contribution in [0.15, 0.2) is 34.7 Å². The third-order valence-electron chi connectivity index (χ3n) is 2.87. The van der Waals surface area contributed by atoms with Gasteiger partial charge in [-0.2, -0.15) is 0 Å². The van der Waals surface area contributed by atoms with Gasteiger partial charge in [-0.3, -0.25) is 0 Å². The average Bonchev–Trinajstić information content (AvgIpc) is 2.94. The molecule has 0 bridgehead atoms. The maximum Gasteiger partial charge on any atom is 0.129 e. The molecule has 0 unspecified atom stereocenters. The van der Waals surface area contributed by atoms with Gasteiger partial charge in [0, 0.05) is 11.3 Å². The van der Waals surface area contributed by atoms with E-state index in [0.29, 0.717) is 24.7 Å². The third-order valence-corrected chi connectivity index (χ3v) is 2.87. The molecule has 0 aliphatic carbocycles. The summed E-state index contributed by atoms with van der Waals surface area (Å²) in [5, 5.41) is 21.5. The quantitative estimate of drug-likeness (QED) is 0.724. The maximum atomic E-state index is 9.34. The van der Waals surface area contributed by atoms with E-state index < -0.39 is 0 Å². The lowest BCUT2D eigenvalue weighted by Crippen LogP contribution is -2.01. The number of anilines is 1. The zero-order valence-electron chi connectivity index (χ0n) is 11.4. The van der Waals surface area contributed by atoms with Crippen molar-refractivity contribution in [1.82, 2.24) is 0 Å². The average molecular weight is 277 g/mol. The molecule has 108 valence electrons. The van der Waals surface area contributed by atoms with Crippen LogP contribution in [0.2, 0.25) is 0 Å². The number of furan rings is 1. The molecule has 1 heterocycles. The Labute approximate surface area is 117 Å². The van der Waals surface area contributed by atoms with Crippen molar-refractivity contribution in [2.24, 2.45) is 0 Å². The Morgan fingerprint density at radius 2 is 1.90 bits per heavy atom. The van der Waals surface area contributed by atoms with Crippen LogP contribution in [0.1, 0.15) is 24.0 Å². The molecule has 2 aromatic rings. The number of hydrogen-bond acceptors (Lipinski definition) is 5. The van der Waals surface area contributed by atoms with Crippen molar-refractivity contribution in [3.63, 3.8) is 0 Å². The minimum absolute atomic E-state index is 0.0692. The number of aliphatic hydroxyl groups excluding tert-OH is 2. The summed E-state index contributed by atoms with van der Waals surface area (Å²) in [5.41, 5.74) is 1.62. The van der Waals surface area contributed by atoms with Gasteiger partial charge in [0.2, 0.25) is 0 Å². The molecular formula is C15H19NO4. The van der Waals surface area contributed by atoms with Crippen LogP contribution in [0, 0.1) is 0 Å². The lowest BCUT2D eigenvalue weighted by Gasteiger charge is -2.11. The van der Waals surface area contributed by atoms with Gasteiger partial charge in [0.1, 0.15) is 23.9 Å². The SMILES string of the molecule is CCOc1ccc(NCc2ccc(CO)o2)cc1CO. The van der Waals surface area contributed by atoms with Crippen LogP contribution >= 0.6 is 0 Å². The second kappa shape index (κ2) is 6.98. The molecule has 20 heavy (non-hydrogen) atoms. The van der Waals surface area contributed by atoms with E-state index in [-0.39, 0.29) is 13.2 Å². The first-order chi connectivity index (χ1) is 9.76. The van der Waals surface area contributed by atoms with Gasteiger partial charge < -0.3 is 24.7 Å². The second-order valence-electron chi connectivity index (χ2n) is 4.29. The smallest absolute Gasteiger partial charge is 0.129 e. The predicted molar refractivity (Wildman–Crippen MR) is 75.5 cm³/mol. The summed E-state index contributed by atoms with van der Waals surface area (Å²) in [6, 6.07) is 9.13. The van der Waals surface area contributed by atoms with E-state index >= 15 is 0 Å². The van der Waals surface area contributed by atoms with E-state index in [1.54, 1.807) is 6.07 Å². The number of benzene rings is 1. The van der Waals surface area contributed by atoms with Crippen molar-refractivity contribution in [3.8, 4) is 5.75 Å². The highest BCUT2D eigenvalue weighted by Crippen LogP contribution is 2.23. The summed E-state index contributed by atoms with van der Waals surface area (Å²) >= 11 is 0. The second-order valence-corrected chi connectivity index (χ2v) is 4.29. The summed E-state index contributed by atoms with van der Waals surface area (Å²) in [5.74, 6) is 1.99. The summed E-state index contributed by atoms with van der Waals surface area (Å²) in [6.07, 6.45) is 0. The number of rotatable bonds is 7. The molecule has 2 rings (SSSR count). The highest BCUT2D eigenvalue weighted by molar-refractivity contribution is 5.51. The van der Waals surface area contributed by atoms with Crippen LogP contribution < -0.4 is 10.1 Å². The van der Waals surface area contributed by atoms with Gasteiger partial charge in [0.15, 0.2) is 0 Å². The molecule has 5 heteroatoms. The van der Waals surface area contributed by atoms with E-state index in [1.807, 2.05) is 31.2 Å². The Kier molecular flexibility index (Phi) is 5.03. The van der Waals surface area contributed by atoms with Gasteiger partial charge in [-0.1, -0.05) is 0 Å². The fourth-order valence-corrected chi connectivity index (χ4v) is 1.90. The first-order valence-electron chi connectivity index (χ1n) is 6.55. The lowest BCUT2D eigenvalue weighted by atomic mass is 10.2. The van der Waals surface area contributed by atoms with Crippen molar-refractivity contribution < 1.29 is 19.4 Å². The molecule has 1 aromatic carbocycles. The van der Waals surface area contributed by atoms with Gasteiger partial charge >= 0.3 is 0 Å². The number of aliphatic hydroxyl groups is 2. The monoisotopic (exact) mass is 277 g/mol. The topological polar surface area (TPSA) is 74.9 Å². The van der Waals surface area contributed by atoms with Crippen molar-refractivity contribution in [2.45, 2.75) is 26.7 Å². The summed E-state index contributed by atoms with van der Waals surface area (Å²) < 4.78 is 10.8. The van der Waals surface area contributed by atoms with Crippen molar-refractivity contribution in [2.75, 3.05) is 11.9 Å². The Bertz CT molecular complexity index is 551. The Morgan fingerprint density at radius 3 is 2.55 bits per heavy atom. The number of ether oxygens (including phenoxy) is 1. The molecule has 0 saturated carbocycles. The van der Waals surface area contributed by atoms with E-state index in [0.717, 1.165) is 17.0 Å². The number of hydrogen-bond donors (Lipinski definition) is 3. The molecular weight excluding hydrogens is 258 g/mol. The lowest BCUT2D eigenvalue weighted by molar-refractivity contribution is 0.244.